The third-order valence-corrected chi connectivity index (χ3v) is 4.11. The summed E-state index contributed by atoms with van der Waals surface area (Å²) in [5, 5.41) is 2.09. The molecule has 0 amide bonds. The molecule has 0 fully saturated rings. The lowest BCUT2D eigenvalue weighted by atomic mass is 10.2. The highest BCUT2D eigenvalue weighted by atomic mass is 32.1. The van der Waals surface area contributed by atoms with Gasteiger partial charge in [-0.25, -0.2) is 0 Å². The molecule has 0 saturated carbocycles. The zero-order chi connectivity index (χ0) is 13.7. The Morgan fingerprint density at radius 1 is 1.26 bits per heavy atom. The lowest BCUT2D eigenvalue weighted by Gasteiger charge is -2.13. The molecule has 19 heavy (non-hydrogen) atoms. The smallest absolute Gasteiger partial charge is 0.274 e. The van der Waals surface area contributed by atoms with Gasteiger partial charge < -0.3 is 4.43 Å². The molecule has 2 rings (SSSR count). The fourth-order valence-electron chi connectivity index (χ4n) is 1.74. The first kappa shape index (κ1) is 14.0. The average molecular weight is 288 g/mol. The number of thiophene rings is 1. The highest BCUT2D eigenvalue weighted by molar-refractivity contribution is 7.10. The fraction of sp³-hybridized carbons (Fsp3) is 0.267. The summed E-state index contributed by atoms with van der Waals surface area (Å²) in [7, 11) is -0.770. The summed E-state index contributed by atoms with van der Waals surface area (Å²) in [4.78, 5) is 5.90. The minimum atomic E-state index is -0.770. The number of hydrogen-bond donors (Lipinski definition) is 0. The minimum absolute atomic E-state index is 0.770. The van der Waals surface area contributed by atoms with Crippen LogP contribution in [0.5, 0.6) is 5.75 Å². The van der Waals surface area contributed by atoms with Crippen LogP contribution in [0.2, 0.25) is 13.1 Å². The lowest BCUT2D eigenvalue weighted by Crippen LogP contribution is -2.12. The summed E-state index contributed by atoms with van der Waals surface area (Å²) < 4.78 is 5.95. The maximum atomic E-state index is 5.95. The highest BCUT2D eigenvalue weighted by Crippen LogP contribution is 2.31. The number of nitrogens with zero attached hydrogens (tertiary/aromatic N) is 1. The first-order chi connectivity index (χ1) is 9.16. The predicted octanol–water partition coefficient (Wildman–Crippen LogP) is 4.63. The van der Waals surface area contributed by atoms with E-state index in [0.717, 1.165) is 23.4 Å². The van der Waals surface area contributed by atoms with Gasteiger partial charge in [-0.05, 0) is 43.1 Å². The van der Waals surface area contributed by atoms with E-state index in [0.29, 0.717) is 0 Å². The molecule has 1 aromatic heterocycles. The Bertz CT molecular complexity index is 549. The molecule has 1 aromatic carbocycles. The zero-order valence-electron chi connectivity index (χ0n) is 11.5. The van der Waals surface area contributed by atoms with Crippen LogP contribution < -0.4 is 4.43 Å². The SMILES string of the molecule is Cc1cccc(N=CCc2cccs2)c1O[Si](C)C. The molecule has 0 aliphatic rings. The quantitative estimate of drug-likeness (QED) is 0.580. The number of rotatable bonds is 5. The molecular weight excluding hydrogens is 270 g/mol. The second kappa shape index (κ2) is 6.68. The summed E-state index contributed by atoms with van der Waals surface area (Å²) in [6.07, 6.45) is 2.84. The summed E-state index contributed by atoms with van der Waals surface area (Å²) in [6, 6.07) is 10.3. The van der Waals surface area contributed by atoms with E-state index >= 15 is 0 Å². The Labute approximate surface area is 120 Å². The van der Waals surface area contributed by atoms with Gasteiger partial charge in [0.2, 0.25) is 0 Å². The van der Waals surface area contributed by atoms with Crippen molar-refractivity contribution in [3.63, 3.8) is 0 Å². The normalized spacial score (nSPS) is 11.4. The maximum Gasteiger partial charge on any atom is 0.274 e. The summed E-state index contributed by atoms with van der Waals surface area (Å²) in [5.41, 5.74) is 2.08. The van der Waals surface area contributed by atoms with Crippen LogP contribution >= 0.6 is 11.3 Å². The fourth-order valence-corrected chi connectivity index (χ4v) is 3.07. The number of hydrogen-bond acceptors (Lipinski definition) is 3. The van der Waals surface area contributed by atoms with Crippen molar-refractivity contribution in [1.29, 1.82) is 0 Å². The summed E-state index contributed by atoms with van der Waals surface area (Å²) in [6.45, 7) is 6.34. The number of aryl methyl sites for hydroxylation is 1. The molecule has 0 aliphatic carbocycles. The van der Waals surface area contributed by atoms with Gasteiger partial charge in [0.1, 0.15) is 11.4 Å². The van der Waals surface area contributed by atoms with E-state index in [-0.39, 0.29) is 0 Å². The van der Waals surface area contributed by atoms with Crippen molar-refractivity contribution < 1.29 is 4.43 Å². The van der Waals surface area contributed by atoms with Crippen LogP contribution in [0.4, 0.5) is 5.69 Å². The van der Waals surface area contributed by atoms with E-state index in [9.17, 15) is 0 Å². The van der Waals surface area contributed by atoms with E-state index in [1.165, 1.54) is 4.88 Å². The molecule has 0 saturated heterocycles. The maximum absolute atomic E-state index is 5.95. The van der Waals surface area contributed by atoms with E-state index in [1.807, 2.05) is 18.3 Å². The molecule has 4 heteroatoms. The van der Waals surface area contributed by atoms with Crippen LogP contribution in [0.25, 0.3) is 0 Å². The van der Waals surface area contributed by atoms with Gasteiger partial charge in [0.25, 0.3) is 9.04 Å². The Morgan fingerprint density at radius 2 is 2.11 bits per heavy atom. The van der Waals surface area contributed by atoms with Crippen LogP contribution in [0, 0.1) is 6.92 Å². The molecule has 1 heterocycles. The van der Waals surface area contributed by atoms with Crippen molar-refractivity contribution in [3.8, 4) is 5.75 Å². The lowest BCUT2D eigenvalue weighted by molar-refractivity contribution is 0.577. The van der Waals surface area contributed by atoms with E-state index < -0.39 is 9.04 Å². The van der Waals surface area contributed by atoms with Crippen molar-refractivity contribution in [2.75, 3.05) is 0 Å². The Hall–Kier alpha value is -1.39. The zero-order valence-corrected chi connectivity index (χ0v) is 13.3. The Morgan fingerprint density at radius 3 is 2.79 bits per heavy atom. The molecule has 0 aliphatic heterocycles. The van der Waals surface area contributed by atoms with Gasteiger partial charge in [-0.15, -0.1) is 11.3 Å². The van der Waals surface area contributed by atoms with Gasteiger partial charge in [-0.2, -0.15) is 0 Å². The molecule has 2 nitrogen and oxygen atoms in total. The van der Waals surface area contributed by atoms with Gasteiger partial charge >= 0.3 is 0 Å². The van der Waals surface area contributed by atoms with Crippen molar-refractivity contribution >= 4 is 32.3 Å². The number of benzene rings is 1. The Kier molecular flexibility index (Phi) is 4.93. The third kappa shape index (κ3) is 4.04. The Balaban J connectivity index is 2.15. The van der Waals surface area contributed by atoms with Crippen molar-refractivity contribution in [2.45, 2.75) is 26.4 Å². The predicted molar refractivity (Wildman–Crippen MR) is 85.5 cm³/mol. The van der Waals surface area contributed by atoms with Crippen LogP contribution in [0.1, 0.15) is 10.4 Å². The van der Waals surface area contributed by atoms with Crippen LogP contribution in [-0.2, 0) is 6.42 Å². The van der Waals surface area contributed by atoms with Crippen molar-refractivity contribution in [3.05, 3.63) is 46.2 Å². The largest absolute Gasteiger partial charge is 0.541 e. The van der Waals surface area contributed by atoms with Gasteiger partial charge in [0.05, 0.1) is 0 Å². The molecule has 2 aromatic rings. The summed E-state index contributed by atoms with van der Waals surface area (Å²) in [5.74, 6) is 0.934. The molecule has 0 atom stereocenters. The molecule has 0 bridgehead atoms. The molecule has 0 unspecified atom stereocenters. The first-order valence-corrected chi connectivity index (χ1v) is 9.58. The van der Waals surface area contributed by atoms with Gasteiger partial charge in [-0.3, -0.25) is 4.99 Å². The topological polar surface area (TPSA) is 21.6 Å². The van der Waals surface area contributed by atoms with Crippen molar-refractivity contribution in [2.24, 2.45) is 4.99 Å². The number of para-hydroxylation sites is 1. The van der Waals surface area contributed by atoms with Crippen LogP contribution in [0.3, 0.4) is 0 Å². The second-order valence-electron chi connectivity index (χ2n) is 4.53. The molecular formula is C15H18NOSSi. The van der Waals surface area contributed by atoms with Crippen LogP contribution in [-0.4, -0.2) is 15.3 Å². The van der Waals surface area contributed by atoms with Crippen molar-refractivity contribution in [1.82, 2.24) is 0 Å². The minimum Gasteiger partial charge on any atom is -0.541 e. The molecule has 0 spiro atoms. The van der Waals surface area contributed by atoms with E-state index in [1.54, 1.807) is 11.3 Å². The second-order valence-corrected chi connectivity index (χ2v) is 7.58. The molecule has 99 valence electrons. The molecule has 1 radical (unpaired) electrons. The van der Waals surface area contributed by atoms with E-state index in [4.69, 9.17) is 4.43 Å². The monoisotopic (exact) mass is 288 g/mol. The van der Waals surface area contributed by atoms with E-state index in [2.05, 4.69) is 48.6 Å². The number of aliphatic imine (C=N–C) groups is 1. The molecule has 0 N–H and O–H groups in total. The first-order valence-electron chi connectivity index (χ1n) is 6.29. The average Bonchev–Trinajstić information content (AvgIpc) is 2.86. The third-order valence-electron chi connectivity index (χ3n) is 2.60. The summed E-state index contributed by atoms with van der Waals surface area (Å²) >= 11 is 1.76. The highest BCUT2D eigenvalue weighted by Gasteiger charge is 2.08. The van der Waals surface area contributed by atoms with Gasteiger partial charge in [-0.1, -0.05) is 18.2 Å². The standard InChI is InChI=1S/C15H18NOSSi/c1-12-6-4-8-14(15(12)17-19(2)3)16-10-9-13-7-5-11-18-13/h4-8,10-11H,9H2,1-3H3. The van der Waals surface area contributed by atoms with Gasteiger partial charge in [0, 0.05) is 17.5 Å². The van der Waals surface area contributed by atoms with Crippen LogP contribution in [0.15, 0.2) is 40.7 Å². The van der Waals surface area contributed by atoms with Gasteiger partial charge in [0.15, 0.2) is 0 Å².